The summed E-state index contributed by atoms with van der Waals surface area (Å²) in [6.45, 7) is 5.36. The Kier molecular flexibility index (Phi) is 6.97. The van der Waals surface area contributed by atoms with E-state index in [-0.39, 0.29) is 6.10 Å². The third-order valence-corrected chi connectivity index (χ3v) is 3.48. The molecule has 0 bridgehead atoms. The minimum atomic E-state index is 0.00477. The molecule has 0 N–H and O–H groups in total. The number of rotatable bonds is 9. The van der Waals surface area contributed by atoms with Crippen LogP contribution in [0.5, 0.6) is 5.88 Å². The molecule has 0 aliphatic rings. The summed E-state index contributed by atoms with van der Waals surface area (Å²) in [5, 5.41) is 8.12. The van der Waals surface area contributed by atoms with E-state index in [0.717, 1.165) is 25.9 Å². The van der Waals surface area contributed by atoms with Crippen molar-refractivity contribution in [3.8, 4) is 5.88 Å². The molecule has 2 heterocycles. The molecule has 0 amide bonds. The molecule has 0 aromatic carbocycles. The lowest BCUT2D eigenvalue weighted by molar-refractivity contribution is 0.131. The Bertz CT molecular complexity index is 591. The molecule has 0 unspecified atom stereocenters. The van der Waals surface area contributed by atoms with Gasteiger partial charge in [-0.05, 0) is 37.6 Å². The number of likely N-dealkylation sites (N-methyl/N-ethyl adjacent to an activating group) is 1. The number of halogens is 1. The fourth-order valence-electron chi connectivity index (χ4n) is 2.24. The van der Waals surface area contributed by atoms with Crippen molar-refractivity contribution in [2.24, 2.45) is 0 Å². The molecular formula is C17H21ClN4O. The first-order chi connectivity index (χ1) is 11.2. The zero-order chi connectivity index (χ0) is 16.5. The van der Waals surface area contributed by atoms with Gasteiger partial charge in [-0.3, -0.25) is 9.88 Å². The molecule has 0 saturated heterocycles. The summed E-state index contributed by atoms with van der Waals surface area (Å²) in [7, 11) is 2.06. The molecule has 0 radical (unpaired) electrons. The van der Waals surface area contributed by atoms with Crippen LogP contribution in [0, 0.1) is 0 Å². The van der Waals surface area contributed by atoms with E-state index >= 15 is 0 Å². The van der Waals surface area contributed by atoms with E-state index in [9.17, 15) is 0 Å². The lowest BCUT2D eigenvalue weighted by Crippen LogP contribution is -2.33. The van der Waals surface area contributed by atoms with Crippen molar-refractivity contribution < 1.29 is 4.74 Å². The Balaban J connectivity index is 1.94. The van der Waals surface area contributed by atoms with Crippen molar-refractivity contribution in [3.05, 3.63) is 60.0 Å². The second kappa shape index (κ2) is 9.22. The average Bonchev–Trinajstić information content (AvgIpc) is 2.55. The summed E-state index contributed by atoms with van der Waals surface area (Å²) >= 11 is 5.75. The highest BCUT2D eigenvalue weighted by atomic mass is 35.5. The van der Waals surface area contributed by atoms with Crippen LogP contribution < -0.4 is 4.74 Å². The van der Waals surface area contributed by atoms with Crippen molar-refractivity contribution in [1.82, 2.24) is 20.1 Å². The fourth-order valence-corrected chi connectivity index (χ4v) is 2.34. The lowest BCUT2D eigenvalue weighted by Gasteiger charge is -2.24. The SMILES string of the molecule is C=CCC[C@H](CN(C)Cc1cccnc1)Oc1ccc(Cl)nn1. The van der Waals surface area contributed by atoms with Crippen LogP contribution in [0.1, 0.15) is 18.4 Å². The summed E-state index contributed by atoms with van der Waals surface area (Å²) in [5.74, 6) is 0.484. The second-order valence-corrected chi connectivity index (χ2v) is 5.75. The molecule has 0 saturated carbocycles. The molecule has 5 nitrogen and oxygen atoms in total. The van der Waals surface area contributed by atoms with E-state index in [1.165, 1.54) is 5.56 Å². The molecule has 1 atom stereocenters. The first-order valence-electron chi connectivity index (χ1n) is 7.51. The van der Waals surface area contributed by atoms with Crippen LogP contribution in [0.2, 0.25) is 5.15 Å². The summed E-state index contributed by atoms with van der Waals surface area (Å²) in [4.78, 5) is 6.34. The van der Waals surface area contributed by atoms with Gasteiger partial charge in [-0.2, -0.15) is 0 Å². The van der Waals surface area contributed by atoms with Crippen LogP contribution in [0.15, 0.2) is 49.3 Å². The van der Waals surface area contributed by atoms with Crippen LogP contribution in [-0.4, -0.2) is 39.8 Å². The average molecular weight is 333 g/mol. The van der Waals surface area contributed by atoms with E-state index in [0.29, 0.717) is 11.0 Å². The number of allylic oxidation sites excluding steroid dienone is 1. The smallest absolute Gasteiger partial charge is 0.233 e. The Morgan fingerprint density at radius 2 is 2.22 bits per heavy atom. The molecular weight excluding hydrogens is 312 g/mol. The molecule has 6 heteroatoms. The fraction of sp³-hybridized carbons (Fsp3) is 0.353. The predicted octanol–water partition coefficient (Wildman–Crippen LogP) is 3.37. The molecule has 0 aliphatic carbocycles. The minimum Gasteiger partial charge on any atom is -0.472 e. The highest BCUT2D eigenvalue weighted by Gasteiger charge is 2.14. The Labute approximate surface area is 142 Å². The zero-order valence-electron chi connectivity index (χ0n) is 13.2. The quantitative estimate of drug-likeness (QED) is 0.659. The minimum absolute atomic E-state index is 0.00477. The number of hydrogen-bond acceptors (Lipinski definition) is 5. The maximum Gasteiger partial charge on any atom is 0.233 e. The van der Waals surface area contributed by atoms with Gasteiger partial charge in [0.2, 0.25) is 5.88 Å². The molecule has 2 aromatic heterocycles. The van der Waals surface area contributed by atoms with Crippen LogP contribution in [0.4, 0.5) is 0 Å². The van der Waals surface area contributed by atoms with Gasteiger partial charge < -0.3 is 4.74 Å². The molecule has 23 heavy (non-hydrogen) atoms. The van der Waals surface area contributed by atoms with Crippen molar-refractivity contribution in [2.75, 3.05) is 13.6 Å². The van der Waals surface area contributed by atoms with Gasteiger partial charge in [-0.15, -0.1) is 16.8 Å². The van der Waals surface area contributed by atoms with Crippen molar-refractivity contribution in [2.45, 2.75) is 25.5 Å². The number of pyridine rings is 1. The van der Waals surface area contributed by atoms with E-state index in [4.69, 9.17) is 16.3 Å². The van der Waals surface area contributed by atoms with Gasteiger partial charge in [-0.1, -0.05) is 23.7 Å². The highest BCUT2D eigenvalue weighted by molar-refractivity contribution is 6.29. The zero-order valence-corrected chi connectivity index (χ0v) is 14.0. The predicted molar refractivity (Wildman–Crippen MR) is 91.5 cm³/mol. The molecule has 2 rings (SSSR count). The number of nitrogens with zero attached hydrogens (tertiary/aromatic N) is 4. The maximum atomic E-state index is 5.94. The molecule has 0 spiro atoms. The van der Waals surface area contributed by atoms with E-state index in [2.05, 4.69) is 39.8 Å². The third kappa shape index (κ3) is 6.34. The summed E-state index contributed by atoms with van der Waals surface area (Å²) in [6.07, 6.45) is 7.30. The van der Waals surface area contributed by atoms with E-state index in [1.54, 1.807) is 18.3 Å². The van der Waals surface area contributed by atoms with Gasteiger partial charge in [0.15, 0.2) is 5.15 Å². The maximum absolute atomic E-state index is 5.94. The van der Waals surface area contributed by atoms with E-state index < -0.39 is 0 Å². The first kappa shape index (κ1) is 17.4. The molecule has 0 fully saturated rings. The second-order valence-electron chi connectivity index (χ2n) is 5.36. The Morgan fingerprint density at radius 1 is 1.35 bits per heavy atom. The summed E-state index contributed by atoms with van der Waals surface area (Å²) in [6, 6.07) is 7.41. The van der Waals surface area contributed by atoms with Gasteiger partial charge in [0.05, 0.1) is 0 Å². The van der Waals surface area contributed by atoms with Crippen molar-refractivity contribution >= 4 is 11.6 Å². The van der Waals surface area contributed by atoms with Gasteiger partial charge in [0.1, 0.15) is 6.10 Å². The Hall–Kier alpha value is -1.98. The number of ether oxygens (including phenoxy) is 1. The van der Waals surface area contributed by atoms with Gasteiger partial charge in [-0.25, -0.2) is 0 Å². The first-order valence-corrected chi connectivity index (χ1v) is 7.89. The number of aromatic nitrogens is 3. The van der Waals surface area contributed by atoms with Crippen LogP contribution in [0.3, 0.4) is 0 Å². The molecule has 2 aromatic rings. The van der Waals surface area contributed by atoms with Crippen molar-refractivity contribution in [3.63, 3.8) is 0 Å². The summed E-state index contributed by atoms with van der Waals surface area (Å²) < 4.78 is 5.94. The Morgan fingerprint density at radius 3 is 2.87 bits per heavy atom. The number of hydrogen-bond donors (Lipinski definition) is 0. The summed E-state index contributed by atoms with van der Waals surface area (Å²) in [5.41, 5.74) is 1.17. The highest BCUT2D eigenvalue weighted by Crippen LogP contribution is 2.14. The van der Waals surface area contributed by atoms with Crippen LogP contribution in [0.25, 0.3) is 0 Å². The monoisotopic (exact) mass is 332 g/mol. The van der Waals surface area contributed by atoms with Gasteiger partial charge >= 0.3 is 0 Å². The largest absolute Gasteiger partial charge is 0.472 e. The molecule has 0 aliphatic heterocycles. The van der Waals surface area contributed by atoms with Crippen LogP contribution >= 0.6 is 11.6 Å². The van der Waals surface area contributed by atoms with Gasteiger partial charge in [0, 0.05) is 31.5 Å². The molecule has 122 valence electrons. The van der Waals surface area contributed by atoms with Gasteiger partial charge in [0.25, 0.3) is 0 Å². The van der Waals surface area contributed by atoms with Crippen molar-refractivity contribution in [1.29, 1.82) is 0 Å². The normalized spacial score (nSPS) is 12.1. The lowest BCUT2D eigenvalue weighted by atomic mass is 10.1. The third-order valence-electron chi connectivity index (χ3n) is 3.28. The standard InChI is InChI=1S/C17H21ClN4O/c1-3-4-7-15(23-17-9-8-16(18)20-21-17)13-22(2)12-14-6-5-10-19-11-14/h3,5-6,8-11,15H,1,4,7,12-13H2,2H3/t15-/m1/s1. The van der Waals surface area contributed by atoms with E-state index in [1.807, 2.05) is 18.3 Å². The van der Waals surface area contributed by atoms with Crippen LogP contribution in [-0.2, 0) is 6.54 Å². The topological polar surface area (TPSA) is 51.1 Å².